The Morgan fingerprint density at radius 1 is 1.12 bits per heavy atom. The van der Waals surface area contributed by atoms with Gasteiger partial charge >= 0.3 is 5.97 Å². The van der Waals surface area contributed by atoms with E-state index < -0.39 is 0 Å². The molecule has 0 aliphatic carbocycles. The van der Waals surface area contributed by atoms with Gasteiger partial charge in [0.25, 0.3) is 5.78 Å². The number of carbonyl (C=O) groups is 2. The summed E-state index contributed by atoms with van der Waals surface area (Å²) in [6.45, 7) is 6.57. The third-order valence-electron chi connectivity index (χ3n) is 5.79. The minimum Gasteiger partial charge on any atom is -0.466 e. The van der Waals surface area contributed by atoms with Gasteiger partial charge in [0.2, 0.25) is 5.91 Å². The molecule has 4 rings (SSSR count). The Bertz CT molecular complexity index is 1140. The van der Waals surface area contributed by atoms with E-state index >= 15 is 0 Å². The Morgan fingerprint density at radius 2 is 1.85 bits per heavy atom. The molecular formula is C23H27ClN6O3. The molecule has 174 valence electrons. The molecule has 0 saturated carbocycles. The maximum absolute atomic E-state index is 12.8. The summed E-state index contributed by atoms with van der Waals surface area (Å²) in [5.74, 6) is 1.25. The number of anilines is 1. The van der Waals surface area contributed by atoms with Gasteiger partial charge in [-0.15, -0.1) is 0 Å². The molecule has 1 aliphatic heterocycles. The number of hydrogen-bond donors (Lipinski definition) is 0. The van der Waals surface area contributed by atoms with Crippen LogP contribution in [0.5, 0.6) is 0 Å². The van der Waals surface area contributed by atoms with E-state index in [1.54, 1.807) is 23.6 Å². The second-order valence-corrected chi connectivity index (χ2v) is 8.38. The number of carbonyl (C=O) groups excluding carboxylic acids is 2. The van der Waals surface area contributed by atoms with Crippen molar-refractivity contribution in [1.29, 1.82) is 0 Å². The first-order valence-corrected chi connectivity index (χ1v) is 11.5. The largest absolute Gasteiger partial charge is 0.466 e. The molecule has 1 amide bonds. The molecule has 9 nitrogen and oxygen atoms in total. The van der Waals surface area contributed by atoms with Gasteiger partial charge in [0, 0.05) is 48.9 Å². The van der Waals surface area contributed by atoms with Crippen molar-refractivity contribution < 1.29 is 14.3 Å². The molecule has 0 radical (unpaired) electrons. The number of nitrogens with zero attached hydrogens (tertiary/aromatic N) is 6. The molecule has 1 aliphatic rings. The summed E-state index contributed by atoms with van der Waals surface area (Å²) in [7, 11) is 0. The van der Waals surface area contributed by atoms with Crippen molar-refractivity contribution in [2.45, 2.75) is 33.1 Å². The third-order valence-corrected chi connectivity index (χ3v) is 6.04. The molecule has 0 atom stereocenters. The van der Waals surface area contributed by atoms with Crippen molar-refractivity contribution in [2.75, 3.05) is 37.7 Å². The van der Waals surface area contributed by atoms with Gasteiger partial charge in [0.15, 0.2) is 0 Å². The normalized spacial score (nSPS) is 14.0. The monoisotopic (exact) mass is 470 g/mol. The Kier molecular flexibility index (Phi) is 7.08. The Hall–Kier alpha value is -3.20. The van der Waals surface area contributed by atoms with E-state index in [1.807, 2.05) is 24.0 Å². The van der Waals surface area contributed by atoms with Crippen LogP contribution in [0.3, 0.4) is 0 Å². The predicted octanol–water partition coefficient (Wildman–Crippen LogP) is 2.47. The lowest BCUT2D eigenvalue weighted by atomic mass is 10.1. The van der Waals surface area contributed by atoms with E-state index in [0.717, 1.165) is 22.6 Å². The Labute approximate surface area is 197 Å². The number of benzene rings is 1. The van der Waals surface area contributed by atoms with Gasteiger partial charge in [-0.25, -0.2) is 4.98 Å². The van der Waals surface area contributed by atoms with Crippen LogP contribution in [-0.4, -0.2) is 69.1 Å². The lowest BCUT2D eigenvalue weighted by Crippen LogP contribution is -2.50. The summed E-state index contributed by atoms with van der Waals surface area (Å²) in [5.41, 5.74) is 2.71. The van der Waals surface area contributed by atoms with Gasteiger partial charge < -0.3 is 14.5 Å². The molecule has 0 spiro atoms. The average molecular weight is 471 g/mol. The quantitative estimate of drug-likeness (QED) is 0.490. The molecule has 1 aromatic carbocycles. The highest BCUT2D eigenvalue weighted by atomic mass is 35.5. The second kappa shape index (κ2) is 10.2. The highest BCUT2D eigenvalue weighted by Crippen LogP contribution is 2.26. The van der Waals surface area contributed by atoms with Crippen molar-refractivity contribution in [3.8, 4) is 0 Å². The van der Waals surface area contributed by atoms with Crippen LogP contribution in [-0.2, 0) is 27.2 Å². The molecule has 0 bridgehead atoms. The summed E-state index contributed by atoms with van der Waals surface area (Å²) < 4.78 is 6.82. The van der Waals surface area contributed by atoms with E-state index in [4.69, 9.17) is 16.3 Å². The molecule has 0 unspecified atom stereocenters. The topological polar surface area (TPSA) is 92.9 Å². The summed E-state index contributed by atoms with van der Waals surface area (Å²) >= 11 is 5.94. The molecule has 1 saturated heterocycles. The van der Waals surface area contributed by atoms with Crippen LogP contribution < -0.4 is 4.90 Å². The molecule has 33 heavy (non-hydrogen) atoms. The fraction of sp³-hybridized carbons (Fsp3) is 0.435. The zero-order valence-corrected chi connectivity index (χ0v) is 19.6. The minimum atomic E-state index is -0.237. The van der Waals surface area contributed by atoms with Crippen molar-refractivity contribution in [3.05, 3.63) is 52.4 Å². The molecular weight excluding hydrogens is 444 g/mol. The standard InChI is InChI=1S/C23H27ClN6O3/c1-3-33-21(32)9-8-19-16(2)27-23-25-15-26-30(23)22(19)29-12-10-28(11-13-29)20(31)14-17-4-6-18(24)7-5-17/h4-7,15H,3,8-14H2,1-2H3. The van der Waals surface area contributed by atoms with Crippen molar-refractivity contribution in [2.24, 2.45) is 0 Å². The van der Waals surface area contributed by atoms with Crippen molar-refractivity contribution >= 4 is 35.1 Å². The average Bonchev–Trinajstić information content (AvgIpc) is 3.27. The lowest BCUT2D eigenvalue weighted by Gasteiger charge is -2.37. The Balaban J connectivity index is 1.49. The fourth-order valence-corrected chi connectivity index (χ4v) is 4.23. The van der Waals surface area contributed by atoms with Crippen LogP contribution in [0.4, 0.5) is 5.82 Å². The number of hydrogen-bond acceptors (Lipinski definition) is 7. The number of ether oxygens (including phenoxy) is 1. The van der Waals surface area contributed by atoms with Crippen LogP contribution in [0.25, 0.3) is 5.78 Å². The zero-order valence-electron chi connectivity index (χ0n) is 18.8. The van der Waals surface area contributed by atoms with Gasteiger partial charge in [0.05, 0.1) is 13.0 Å². The van der Waals surface area contributed by atoms with E-state index in [1.165, 1.54) is 6.33 Å². The lowest BCUT2D eigenvalue weighted by molar-refractivity contribution is -0.143. The molecule has 2 aromatic heterocycles. The van der Waals surface area contributed by atoms with Gasteiger partial charge in [-0.3, -0.25) is 9.59 Å². The number of aromatic nitrogens is 4. The summed E-state index contributed by atoms with van der Waals surface area (Å²) in [6, 6.07) is 7.37. The van der Waals surface area contributed by atoms with Gasteiger partial charge in [0.1, 0.15) is 12.1 Å². The minimum absolute atomic E-state index is 0.0938. The van der Waals surface area contributed by atoms with Crippen molar-refractivity contribution in [3.63, 3.8) is 0 Å². The van der Waals surface area contributed by atoms with E-state index in [-0.39, 0.29) is 18.3 Å². The SMILES string of the molecule is CCOC(=O)CCc1c(C)nc2ncnn2c1N1CCN(C(=O)Cc2ccc(Cl)cc2)CC1. The van der Waals surface area contributed by atoms with Gasteiger partial charge in [-0.1, -0.05) is 23.7 Å². The number of aryl methyl sites for hydroxylation is 1. The first kappa shape index (κ1) is 23.0. The first-order valence-electron chi connectivity index (χ1n) is 11.1. The van der Waals surface area contributed by atoms with Crippen LogP contribution >= 0.6 is 11.6 Å². The number of fused-ring (bicyclic) bond motifs is 1. The number of piperazine rings is 1. The van der Waals surface area contributed by atoms with Gasteiger partial charge in [-0.05, 0) is 38.0 Å². The fourth-order valence-electron chi connectivity index (χ4n) is 4.10. The first-order chi connectivity index (χ1) is 16.0. The zero-order chi connectivity index (χ0) is 23.4. The number of rotatable bonds is 7. The third kappa shape index (κ3) is 5.24. The molecule has 10 heteroatoms. The Morgan fingerprint density at radius 3 is 2.55 bits per heavy atom. The maximum Gasteiger partial charge on any atom is 0.306 e. The van der Waals surface area contributed by atoms with E-state index in [0.29, 0.717) is 56.4 Å². The number of esters is 1. The highest BCUT2D eigenvalue weighted by molar-refractivity contribution is 6.30. The van der Waals surface area contributed by atoms with E-state index in [9.17, 15) is 9.59 Å². The molecule has 0 N–H and O–H groups in total. The van der Waals surface area contributed by atoms with Crippen LogP contribution in [0, 0.1) is 6.92 Å². The summed E-state index contributed by atoms with van der Waals surface area (Å²) in [6.07, 6.45) is 2.59. The number of halogens is 1. The summed E-state index contributed by atoms with van der Waals surface area (Å²) in [5, 5.41) is 5.03. The molecule has 3 aromatic rings. The van der Waals surface area contributed by atoms with Crippen LogP contribution in [0.15, 0.2) is 30.6 Å². The smallest absolute Gasteiger partial charge is 0.306 e. The highest BCUT2D eigenvalue weighted by Gasteiger charge is 2.26. The summed E-state index contributed by atoms with van der Waals surface area (Å²) in [4.78, 5) is 37.7. The number of amides is 1. The molecule has 1 fully saturated rings. The van der Waals surface area contributed by atoms with Crippen molar-refractivity contribution in [1.82, 2.24) is 24.5 Å². The second-order valence-electron chi connectivity index (χ2n) is 7.95. The molecule has 3 heterocycles. The maximum atomic E-state index is 12.8. The van der Waals surface area contributed by atoms with E-state index in [2.05, 4.69) is 20.0 Å². The van der Waals surface area contributed by atoms with Gasteiger partial charge in [-0.2, -0.15) is 14.6 Å². The van der Waals surface area contributed by atoms with Crippen LogP contribution in [0.1, 0.15) is 30.2 Å². The predicted molar refractivity (Wildman–Crippen MR) is 124 cm³/mol. The van der Waals surface area contributed by atoms with Crippen LogP contribution in [0.2, 0.25) is 5.02 Å².